The highest BCUT2D eigenvalue weighted by Gasteiger charge is 2.69. The molecular formula is C43H58O3. The number of rotatable bonds is 1. The van der Waals surface area contributed by atoms with E-state index in [1.54, 1.807) is 0 Å². The molecule has 46 heavy (non-hydrogen) atoms. The standard InChI is InChI=1S/C43H58O3/c1-25(2)30-12-11-27(4)42-16-15-28(5)43(42,23-30)46-37-29(6)31-13-14-35-39(8,32(31)22-34(37)45-42)18-20-41(10)36-21-26(3)33(44)24-38(36,7)17-19-40(35,41)9/h13-15,22,26-27,30,35-36H,1,11-12,16-21,23-24H2,2-10H3/t26-,27?,30?,35?,36?,38+,39+,40-,41+,42+,43+/m1/s1. The molecule has 3 heteroatoms. The van der Waals surface area contributed by atoms with Gasteiger partial charge in [-0.25, -0.2) is 0 Å². The molecule has 4 fully saturated rings. The molecule has 4 saturated carbocycles. The molecule has 1 heterocycles. The number of Topliss-reactive ketones (excluding diaryl/α,β-unsaturated/α-hetero) is 1. The van der Waals surface area contributed by atoms with E-state index in [2.05, 4.69) is 93.2 Å². The van der Waals surface area contributed by atoms with Crippen LogP contribution >= 0.6 is 0 Å². The first kappa shape index (κ1) is 31.0. The average molecular weight is 623 g/mol. The van der Waals surface area contributed by atoms with Crippen LogP contribution in [0.1, 0.15) is 136 Å². The number of fused-ring (bicyclic) bond motifs is 8. The Bertz CT molecular complexity index is 1610. The molecule has 0 saturated heterocycles. The molecule has 7 aliphatic rings. The minimum atomic E-state index is -0.448. The Morgan fingerprint density at radius 2 is 1.72 bits per heavy atom. The first-order chi connectivity index (χ1) is 21.6. The highest BCUT2D eigenvalue weighted by molar-refractivity contribution is 5.82. The van der Waals surface area contributed by atoms with Gasteiger partial charge in [0.05, 0.1) is 0 Å². The van der Waals surface area contributed by atoms with Crippen molar-refractivity contribution in [3.8, 4) is 11.5 Å². The maximum atomic E-state index is 13.0. The van der Waals surface area contributed by atoms with Crippen molar-refractivity contribution in [1.29, 1.82) is 0 Å². The van der Waals surface area contributed by atoms with Crippen LogP contribution in [0, 0.1) is 52.8 Å². The minimum Gasteiger partial charge on any atom is -0.478 e. The van der Waals surface area contributed by atoms with Crippen molar-refractivity contribution in [2.75, 3.05) is 0 Å². The van der Waals surface area contributed by atoms with Crippen LogP contribution in [-0.4, -0.2) is 17.0 Å². The summed E-state index contributed by atoms with van der Waals surface area (Å²) in [5, 5.41) is 0. The molecule has 8 rings (SSSR count). The van der Waals surface area contributed by atoms with E-state index in [4.69, 9.17) is 9.47 Å². The molecule has 1 aromatic carbocycles. The van der Waals surface area contributed by atoms with Gasteiger partial charge in [-0.05, 0) is 122 Å². The molecule has 248 valence electrons. The molecule has 0 spiro atoms. The summed E-state index contributed by atoms with van der Waals surface area (Å²) in [5.74, 6) is 4.49. The Kier molecular flexibility index (Phi) is 6.36. The van der Waals surface area contributed by atoms with Crippen LogP contribution < -0.4 is 9.47 Å². The van der Waals surface area contributed by atoms with Gasteiger partial charge in [0.25, 0.3) is 0 Å². The van der Waals surface area contributed by atoms with Crippen molar-refractivity contribution >= 4 is 11.9 Å². The summed E-state index contributed by atoms with van der Waals surface area (Å²) in [7, 11) is 0. The van der Waals surface area contributed by atoms with Gasteiger partial charge < -0.3 is 9.47 Å². The Labute approximate surface area is 278 Å². The van der Waals surface area contributed by atoms with E-state index in [1.807, 2.05) is 0 Å². The van der Waals surface area contributed by atoms with Gasteiger partial charge in [0.15, 0.2) is 22.7 Å². The molecule has 0 aromatic heterocycles. The number of carbonyl (C=O) groups excluding carboxylic acids is 1. The monoisotopic (exact) mass is 622 g/mol. The molecule has 0 radical (unpaired) electrons. The Morgan fingerprint density at radius 1 is 0.978 bits per heavy atom. The number of hydrogen-bond donors (Lipinski definition) is 0. The molecule has 0 N–H and O–H groups in total. The van der Waals surface area contributed by atoms with E-state index < -0.39 is 5.60 Å². The SMILES string of the molecule is C=C(C)C1CCC(C)[C@@]23CC=C(C)[C@]2(C1)Oc1c(cc2c(c1C)C=CC1[C@@]2(C)CC[C@@]2(C)C4C[C@@H](C)C(=O)C[C@]4(C)CC[C@]12C)O3. The fourth-order valence-corrected chi connectivity index (χ4v) is 13.2. The average Bonchev–Trinajstić information content (AvgIpc) is 3.21. The molecule has 6 aliphatic carbocycles. The molecule has 1 aromatic rings. The number of hydrogen-bond acceptors (Lipinski definition) is 3. The number of ether oxygens (including phenoxy) is 2. The summed E-state index contributed by atoms with van der Waals surface area (Å²) in [4.78, 5) is 13.0. The molecule has 11 atom stereocenters. The first-order valence-electron chi connectivity index (χ1n) is 18.6. The quantitative estimate of drug-likeness (QED) is 0.292. The van der Waals surface area contributed by atoms with Crippen LogP contribution in [0.2, 0.25) is 0 Å². The zero-order valence-electron chi connectivity index (χ0n) is 30.2. The van der Waals surface area contributed by atoms with Gasteiger partial charge in [0.1, 0.15) is 5.78 Å². The largest absolute Gasteiger partial charge is 0.478 e. The van der Waals surface area contributed by atoms with Crippen molar-refractivity contribution in [2.45, 2.75) is 143 Å². The fourth-order valence-electron chi connectivity index (χ4n) is 13.2. The Hall–Kier alpha value is -2.29. The van der Waals surface area contributed by atoms with Crippen molar-refractivity contribution in [3.05, 3.63) is 52.6 Å². The number of allylic oxidation sites excluding steroid dienone is 2. The predicted octanol–water partition coefficient (Wildman–Crippen LogP) is 10.7. The molecule has 0 bridgehead atoms. The summed E-state index contributed by atoms with van der Waals surface area (Å²) in [6.45, 7) is 26.0. The summed E-state index contributed by atoms with van der Waals surface area (Å²) in [6.07, 6.45) is 18.2. The lowest BCUT2D eigenvalue weighted by Crippen LogP contribution is -2.65. The second-order valence-electron chi connectivity index (χ2n) is 18.6. The van der Waals surface area contributed by atoms with Crippen molar-refractivity contribution in [2.24, 2.45) is 45.8 Å². The summed E-state index contributed by atoms with van der Waals surface area (Å²) in [6, 6.07) is 2.44. The predicted molar refractivity (Wildman–Crippen MR) is 187 cm³/mol. The third-order valence-corrected chi connectivity index (χ3v) is 16.6. The molecule has 1 aliphatic heterocycles. The minimum absolute atomic E-state index is 0.0293. The summed E-state index contributed by atoms with van der Waals surface area (Å²) < 4.78 is 15.0. The van der Waals surface area contributed by atoms with E-state index in [9.17, 15) is 4.79 Å². The zero-order valence-corrected chi connectivity index (χ0v) is 30.2. The van der Waals surface area contributed by atoms with Gasteiger partial charge in [0, 0.05) is 42.1 Å². The number of carbonyl (C=O) groups is 1. The van der Waals surface area contributed by atoms with Gasteiger partial charge in [-0.2, -0.15) is 0 Å². The third-order valence-electron chi connectivity index (χ3n) is 16.6. The van der Waals surface area contributed by atoms with E-state index in [-0.39, 0.29) is 33.2 Å². The van der Waals surface area contributed by atoms with E-state index >= 15 is 0 Å². The molecule has 0 amide bonds. The van der Waals surface area contributed by atoms with Crippen LogP contribution in [0.5, 0.6) is 11.5 Å². The fraction of sp³-hybridized carbons (Fsp3) is 0.698. The van der Waals surface area contributed by atoms with E-state index in [0.717, 1.165) is 56.4 Å². The molecular weight excluding hydrogens is 564 g/mol. The van der Waals surface area contributed by atoms with E-state index in [0.29, 0.717) is 29.5 Å². The number of ketones is 1. The van der Waals surface area contributed by atoms with Crippen LogP contribution in [-0.2, 0) is 10.2 Å². The lowest BCUT2D eigenvalue weighted by molar-refractivity contribution is -0.191. The number of benzene rings is 1. The topological polar surface area (TPSA) is 35.5 Å². The molecule has 4 unspecified atom stereocenters. The normalized spacial score (nSPS) is 48.5. The lowest BCUT2D eigenvalue weighted by atomic mass is 9.34. The van der Waals surface area contributed by atoms with Crippen molar-refractivity contribution in [3.63, 3.8) is 0 Å². The van der Waals surface area contributed by atoms with Crippen LogP contribution in [0.4, 0.5) is 0 Å². The van der Waals surface area contributed by atoms with Crippen LogP contribution in [0.3, 0.4) is 0 Å². The van der Waals surface area contributed by atoms with Crippen molar-refractivity contribution in [1.82, 2.24) is 0 Å². The summed E-state index contributed by atoms with van der Waals surface area (Å²) >= 11 is 0. The van der Waals surface area contributed by atoms with Gasteiger partial charge in [-0.15, -0.1) is 0 Å². The lowest BCUT2D eigenvalue weighted by Gasteiger charge is -2.70. The maximum Gasteiger partial charge on any atom is 0.170 e. The Morgan fingerprint density at radius 3 is 2.46 bits per heavy atom. The first-order valence-corrected chi connectivity index (χ1v) is 18.6. The second-order valence-corrected chi connectivity index (χ2v) is 18.6. The third kappa shape index (κ3) is 3.54. The highest BCUT2D eigenvalue weighted by Crippen LogP contribution is 2.74. The van der Waals surface area contributed by atoms with Crippen LogP contribution in [0.25, 0.3) is 6.08 Å². The van der Waals surface area contributed by atoms with Crippen LogP contribution in [0.15, 0.2) is 35.9 Å². The van der Waals surface area contributed by atoms with Crippen molar-refractivity contribution < 1.29 is 14.3 Å². The zero-order chi connectivity index (χ0) is 32.8. The Balaban J connectivity index is 1.23. The van der Waals surface area contributed by atoms with E-state index in [1.165, 1.54) is 47.1 Å². The van der Waals surface area contributed by atoms with Gasteiger partial charge in [-0.3, -0.25) is 4.79 Å². The highest BCUT2D eigenvalue weighted by atomic mass is 16.6. The van der Waals surface area contributed by atoms with Gasteiger partial charge in [-0.1, -0.05) is 71.9 Å². The smallest absolute Gasteiger partial charge is 0.170 e. The van der Waals surface area contributed by atoms with Gasteiger partial charge >= 0.3 is 0 Å². The maximum absolute atomic E-state index is 13.0. The molecule has 3 nitrogen and oxygen atoms in total. The summed E-state index contributed by atoms with van der Waals surface area (Å²) in [5.41, 5.74) is 6.40. The van der Waals surface area contributed by atoms with Gasteiger partial charge in [0.2, 0.25) is 0 Å². The second kappa shape index (κ2) is 9.44.